The van der Waals surface area contributed by atoms with E-state index < -0.39 is 5.60 Å². The first kappa shape index (κ1) is 16.7. The third-order valence-corrected chi connectivity index (χ3v) is 4.85. The van der Waals surface area contributed by atoms with Crippen LogP contribution >= 0.6 is 0 Å². The van der Waals surface area contributed by atoms with E-state index in [4.69, 9.17) is 9.47 Å². The van der Waals surface area contributed by atoms with Crippen LogP contribution in [0.1, 0.15) is 30.9 Å². The molecular weight excluding hydrogens is 330 g/mol. The number of carbonyl (C=O) groups excluding carboxylic acids is 1. The molecule has 0 bridgehead atoms. The molecule has 4 rings (SSSR count). The van der Waals surface area contributed by atoms with Gasteiger partial charge in [-0.3, -0.25) is 4.79 Å². The van der Waals surface area contributed by atoms with Gasteiger partial charge in [0.15, 0.2) is 17.1 Å². The van der Waals surface area contributed by atoms with Crippen molar-refractivity contribution in [2.24, 2.45) is 0 Å². The van der Waals surface area contributed by atoms with Gasteiger partial charge in [-0.2, -0.15) is 0 Å². The molecule has 0 saturated carbocycles. The van der Waals surface area contributed by atoms with Gasteiger partial charge in [0.25, 0.3) is 5.91 Å². The van der Waals surface area contributed by atoms with Crippen molar-refractivity contribution in [3.05, 3.63) is 65.7 Å². The van der Waals surface area contributed by atoms with Crippen LogP contribution in [-0.2, 0) is 10.4 Å². The number of benzene rings is 2. The predicted octanol–water partition coefficient (Wildman–Crippen LogP) is 3.35. The molecule has 1 N–H and O–H groups in total. The summed E-state index contributed by atoms with van der Waals surface area (Å²) in [6.07, 6.45) is 5.85. The zero-order valence-corrected chi connectivity index (χ0v) is 14.6. The van der Waals surface area contributed by atoms with Crippen molar-refractivity contribution in [2.45, 2.75) is 25.4 Å². The number of carbonyl (C=O) groups is 1. The van der Waals surface area contributed by atoms with Gasteiger partial charge >= 0.3 is 0 Å². The zero-order chi connectivity index (χ0) is 18.1. The number of allylic oxidation sites excluding steroid dienone is 1. The molecule has 2 aromatic rings. The predicted molar refractivity (Wildman–Crippen MR) is 98.4 cm³/mol. The van der Waals surface area contributed by atoms with Gasteiger partial charge < -0.3 is 19.5 Å². The van der Waals surface area contributed by atoms with Crippen molar-refractivity contribution < 1.29 is 19.4 Å². The molecule has 1 atom stereocenters. The number of hydrogen-bond acceptors (Lipinski definition) is 4. The molecule has 2 aromatic carbocycles. The quantitative estimate of drug-likeness (QED) is 0.839. The normalized spacial score (nSPS) is 20.8. The second-order valence-corrected chi connectivity index (χ2v) is 6.42. The average molecular weight is 351 g/mol. The minimum atomic E-state index is -1.72. The number of para-hydroxylation sites is 1. The molecule has 1 unspecified atom stereocenters. The number of nitrogens with zero attached hydrogens (tertiary/aromatic N) is 1. The maximum Gasteiger partial charge on any atom is 0.268 e. The van der Waals surface area contributed by atoms with Gasteiger partial charge in [0.1, 0.15) is 0 Å². The van der Waals surface area contributed by atoms with Crippen LogP contribution < -0.4 is 14.4 Å². The largest absolute Gasteiger partial charge is 0.454 e. The average Bonchev–Trinajstić information content (AvgIpc) is 3.22. The molecule has 0 fully saturated rings. The van der Waals surface area contributed by atoms with E-state index in [9.17, 15) is 9.90 Å². The van der Waals surface area contributed by atoms with E-state index in [2.05, 4.69) is 19.1 Å². The molecule has 0 radical (unpaired) electrons. The summed E-state index contributed by atoms with van der Waals surface area (Å²) >= 11 is 0. The number of fused-ring (bicyclic) bond motifs is 2. The van der Waals surface area contributed by atoms with Crippen molar-refractivity contribution in [1.29, 1.82) is 0 Å². The molecule has 2 aliphatic rings. The highest BCUT2D eigenvalue weighted by atomic mass is 16.7. The monoisotopic (exact) mass is 351 g/mol. The fraction of sp³-hybridized carbons (Fsp3) is 0.286. The fourth-order valence-electron chi connectivity index (χ4n) is 3.55. The molecule has 0 spiro atoms. The lowest BCUT2D eigenvalue weighted by molar-refractivity contribution is -0.132. The minimum absolute atomic E-state index is 0.150. The van der Waals surface area contributed by atoms with Crippen LogP contribution in [0.25, 0.3) is 0 Å². The van der Waals surface area contributed by atoms with Gasteiger partial charge in [-0.25, -0.2) is 0 Å². The second kappa shape index (κ2) is 6.50. The lowest BCUT2D eigenvalue weighted by atomic mass is 9.87. The Balaban J connectivity index is 1.74. The SMILES string of the molecule is CC/C=C\CCN1C(=O)C(O)(c2ccc3c(c2)OCO3)c2ccccc21. The van der Waals surface area contributed by atoms with Crippen LogP contribution in [0.5, 0.6) is 11.5 Å². The van der Waals surface area contributed by atoms with Crippen molar-refractivity contribution in [1.82, 2.24) is 0 Å². The topological polar surface area (TPSA) is 59.0 Å². The Hall–Kier alpha value is -2.79. The van der Waals surface area contributed by atoms with E-state index in [0.717, 1.165) is 18.5 Å². The van der Waals surface area contributed by atoms with Crippen LogP contribution in [0.2, 0.25) is 0 Å². The maximum absolute atomic E-state index is 13.2. The molecule has 2 heterocycles. The zero-order valence-electron chi connectivity index (χ0n) is 14.6. The van der Waals surface area contributed by atoms with Gasteiger partial charge in [0, 0.05) is 17.7 Å². The van der Waals surface area contributed by atoms with Crippen molar-refractivity contribution >= 4 is 11.6 Å². The van der Waals surface area contributed by atoms with Crippen molar-refractivity contribution in [3.63, 3.8) is 0 Å². The number of aliphatic hydroxyl groups is 1. The first-order valence-electron chi connectivity index (χ1n) is 8.85. The van der Waals surface area contributed by atoms with Gasteiger partial charge in [0.05, 0.1) is 5.69 Å². The Bertz CT molecular complexity index is 876. The van der Waals surface area contributed by atoms with Crippen molar-refractivity contribution in [3.8, 4) is 11.5 Å². The van der Waals surface area contributed by atoms with Gasteiger partial charge in [-0.15, -0.1) is 0 Å². The fourth-order valence-corrected chi connectivity index (χ4v) is 3.55. The number of ether oxygens (including phenoxy) is 2. The van der Waals surface area contributed by atoms with Crippen LogP contribution in [-0.4, -0.2) is 24.4 Å². The molecule has 0 saturated heterocycles. The summed E-state index contributed by atoms with van der Waals surface area (Å²) in [7, 11) is 0. The number of hydrogen-bond donors (Lipinski definition) is 1. The maximum atomic E-state index is 13.2. The van der Waals surface area contributed by atoms with E-state index in [1.54, 1.807) is 29.2 Å². The Morgan fingerprint density at radius 2 is 1.96 bits per heavy atom. The Labute approximate surface area is 152 Å². The van der Waals surface area contributed by atoms with E-state index in [1.807, 2.05) is 18.2 Å². The summed E-state index contributed by atoms with van der Waals surface area (Å²) < 4.78 is 10.8. The van der Waals surface area contributed by atoms with Gasteiger partial charge in [0.2, 0.25) is 6.79 Å². The molecule has 0 aliphatic carbocycles. The Morgan fingerprint density at radius 1 is 1.15 bits per heavy atom. The first-order chi connectivity index (χ1) is 12.7. The number of anilines is 1. The highest BCUT2D eigenvalue weighted by Crippen LogP contribution is 2.46. The van der Waals surface area contributed by atoms with E-state index in [0.29, 0.717) is 29.2 Å². The number of amides is 1. The smallest absolute Gasteiger partial charge is 0.268 e. The molecule has 5 heteroatoms. The molecule has 0 aromatic heterocycles. The van der Waals surface area contributed by atoms with Crippen LogP contribution in [0, 0.1) is 0 Å². The highest BCUT2D eigenvalue weighted by Gasteiger charge is 2.51. The lowest BCUT2D eigenvalue weighted by Crippen LogP contribution is -2.41. The van der Waals surface area contributed by atoms with Gasteiger partial charge in [-0.05, 0) is 31.0 Å². The standard InChI is InChI=1S/C21H21NO4/c1-2-3-4-7-12-22-17-9-6-5-8-16(17)21(24,20(22)23)15-10-11-18-19(13-15)26-14-25-18/h3-6,8-11,13,24H,2,7,12,14H2,1H3/b4-3-. The minimum Gasteiger partial charge on any atom is -0.454 e. The van der Waals surface area contributed by atoms with Crippen LogP contribution in [0.3, 0.4) is 0 Å². The Kier molecular flexibility index (Phi) is 4.17. The summed E-state index contributed by atoms with van der Waals surface area (Å²) in [6.45, 7) is 2.75. The number of rotatable bonds is 5. The van der Waals surface area contributed by atoms with E-state index in [-0.39, 0.29) is 12.7 Å². The summed E-state index contributed by atoms with van der Waals surface area (Å²) in [5.74, 6) is 0.839. The second-order valence-electron chi connectivity index (χ2n) is 6.42. The lowest BCUT2D eigenvalue weighted by Gasteiger charge is -2.23. The highest BCUT2D eigenvalue weighted by molar-refractivity contribution is 6.09. The molecule has 2 aliphatic heterocycles. The molecule has 134 valence electrons. The first-order valence-corrected chi connectivity index (χ1v) is 8.85. The van der Waals surface area contributed by atoms with Gasteiger partial charge in [-0.1, -0.05) is 43.3 Å². The molecule has 5 nitrogen and oxygen atoms in total. The summed E-state index contributed by atoms with van der Waals surface area (Å²) in [6, 6.07) is 12.6. The summed E-state index contributed by atoms with van der Waals surface area (Å²) in [5, 5.41) is 11.5. The summed E-state index contributed by atoms with van der Waals surface area (Å²) in [4.78, 5) is 14.9. The Morgan fingerprint density at radius 3 is 2.81 bits per heavy atom. The van der Waals surface area contributed by atoms with E-state index >= 15 is 0 Å². The van der Waals surface area contributed by atoms with Crippen molar-refractivity contribution in [2.75, 3.05) is 18.2 Å². The molecular formula is C21H21NO4. The summed E-state index contributed by atoms with van der Waals surface area (Å²) in [5.41, 5.74) is 0.128. The third-order valence-electron chi connectivity index (χ3n) is 4.85. The third kappa shape index (κ3) is 2.47. The van der Waals surface area contributed by atoms with Crippen LogP contribution in [0.4, 0.5) is 5.69 Å². The molecule has 26 heavy (non-hydrogen) atoms. The molecule has 1 amide bonds. The van der Waals surface area contributed by atoms with E-state index in [1.165, 1.54) is 0 Å². The van der Waals surface area contributed by atoms with Crippen LogP contribution in [0.15, 0.2) is 54.6 Å².